The number of halogens is 1. The van der Waals surface area contributed by atoms with E-state index in [9.17, 15) is 0 Å². The Hall–Kier alpha value is -1.56. The summed E-state index contributed by atoms with van der Waals surface area (Å²) in [5, 5.41) is 0.741. The van der Waals surface area contributed by atoms with E-state index in [1.165, 1.54) is 5.69 Å². The summed E-state index contributed by atoms with van der Waals surface area (Å²) in [7, 11) is 2.05. The number of benzene rings is 1. The molecule has 5 nitrogen and oxygen atoms in total. The van der Waals surface area contributed by atoms with Gasteiger partial charge in [-0.05, 0) is 38.5 Å². The van der Waals surface area contributed by atoms with Gasteiger partial charge in [0, 0.05) is 54.8 Å². The first kappa shape index (κ1) is 17.5. The van der Waals surface area contributed by atoms with Crippen LogP contribution in [-0.2, 0) is 18.3 Å². The lowest BCUT2D eigenvalue weighted by Gasteiger charge is -2.58. The number of nitrogens with zero attached hydrogens (tertiary/aromatic N) is 3. The van der Waals surface area contributed by atoms with Gasteiger partial charge in [-0.2, -0.15) is 0 Å². The van der Waals surface area contributed by atoms with E-state index in [1.54, 1.807) is 0 Å². The zero-order valence-corrected chi connectivity index (χ0v) is 16.9. The van der Waals surface area contributed by atoms with Crippen molar-refractivity contribution in [2.24, 2.45) is 18.4 Å². The van der Waals surface area contributed by atoms with Crippen LogP contribution in [0.3, 0.4) is 0 Å². The van der Waals surface area contributed by atoms with Gasteiger partial charge in [-0.15, -0.1) is 0 Å². The lowest BCUT2D eigenvalue weighted by Crippen LogP contribution is -2.63. The minimum Gasteiger partial charge on any atom is -0.487 e. The summed E-state index contributed by atoms with van der Waals surface area (Å²) >= 11 is 6.25. The number of fused-ring (bicyclic) bond motifs is 3. The molecule has 1 aromatic carbocycles. The highest BCUT2D eigenvalue weighted by Crippen LogP contribution is 2.55. The Morgan fingerprint density at radius 2 is 2.11 bits per heavy atom. The van der Waals surface area contributed by atoms with Crippen molar-refractivity contribution in [1.82, 2.24) is 14.5 Å². The Morgan fingerprint density at radius 3 is 2.85 bits per heavy atom. The summed E-state index contributed by atoms with van der Waals surface area (Å²) in [6.45, 7) is 8.27. The molecule has 2 atom stereocenters. The van der Waals surface area contributed by atoms with Crippen molar-refractivity contribution in [1.29, 1.82) is 0 Å². The predicted octanol–water partition coefficient (Wildman–Crippen LogP) is 3.82. The maximum atomic E-state index is 6.48. The van der Waals surface area contributed by atoms with Crippen LogP contribution in [0.2, 0.25) is 5.02 Å². The Morgan fingerprint density at radius 1 is 1.30 bits per heavy atom. The lowest BCUT2D eigenvalue weighted by atomic mass is 9.64. The third-order valence-electron chi connectivity index (χ3n) is 6.55. The summed E-state index contributed by atoms with van der Waals surface area (Å²) < 4.78 is 14.9. The van der Waals surface area contributed by atoms with Gasteiger partial charge in [-0.1, -0.05) is 11.6 Å². The van der Waals surface area contributed by atoms with Gasteiger partial charge in [0.15, 0.2) is 0 Å². The Balaban J connectivity index is 1.33. The molecule has 2 saturated heterocycles. The molecule has 144 valence electrons. The molecule has 2 aromatic rings. The van der Waals surface area contributed by atoms with Crippen LogP contribution in [0.1, 0.15) is 37.6 Å². The quantitative estimate of drug-likeness (QED) is 0.785. The van der Waals surface area contributed by atoms with Crippen molar-refractivity contribution < 1.29 is 9.47 Å². The molecule has 0 unspecified atom stereocenters. The maximum Gasteiger partial charge on any atom is 0.126 e. The molecule has 2 fully saturated rings. The fourth-order valence-electron chi connectivity index (χ4n) is 5.13. The second-order valence-corrected chi connectivity index (χ2v) is 9.51. The molecular weight excluding hydrogens is 362 g/mol. The third-order valence-corrected chi connectivity index (χ3v) is 6.79. The smallest absolute Gasteiger partial charge is 0.126 e. The highest BCUT2D eigenvalue weighted by atomic mass is 35.5. The van der Waals surface area contributed by atoms with Crippen LogP contribution < -0.4 is 4.74 Å². The van der Waals surface area contributed by atoms with Crippen molar-refractivity contribution in [3.8, 4) is 5.75 Å². The van der Waals surface area contributed by atoms with Crippen LogP contribution in [0.15, 0.2) is 30.7 Å². The Bertz CT molecular complexity index is 872. The van der Waals surface area contributed by atoms with E-state index < -0.39 is 0 Å². The van der Waals surface area contributed by atoms with Crippen LogP contribution in [0.5, 0.6) is 5.75 Å². The van der Waals surface area contributed by atoms with Gasteiger partial charge < -0.3 is 14.0 Å². The van der Waals surface area contributed by atoms with Crippen LogP contribution in [0.4, 0.5) is 0 Å². The predicted molar refractivity (Wildman–Crippen MR) is 104 cm³/mol. The molecule has 6 heteroatoms. The van der Waals surface area contributed by atoms with Crippen LogP contribution in [0, 0.1) is 11.3 Å². The van der Waals surface area contributed by atoms with E-state index in [0.717, 1.165) is 49.0 Å². The van der Waals surface area contributed by atoms with Crippen molar-refractivity contribution >= 4 is 11.6 Å². The highest BCUT2D eigenvalue weighted by Gasteiger charge is 2.55. The van der Waals surface area contributed by atoms with E-state index in [2.05, 4.69) is 35.3 Å². The van der Waals surface area contributed by atoms with Gasteiger partial charge >= 0.3 is 0 Å². The number of imidazole rings is 1. The summed E-state index contributed by atoms with van der Waals surface area (Å²) in [6, 6.07) is 5.88. The standard InChI is InChI=1S/C21H26ClN3O2/c1-20(2)17-7-21(10-25(11-21)9-15-8-23-13-24(15)3)12-26-19(17)16-6-14(22)4-5-18(16)27-20/h4-6,8,13,17,19H,7,9-12H2,1-3H3/t17-,19+/m0/s1. The highest BCUT2D eigenvalue weighted by molar-refractivity contribution is 6.30. The summed E-state index contributed by atoms with van der Waals surface area (Å²) in [5.41, 5.74) is 2.34. The fourth-order valence-corrected chi connectivity index (χ4v) is 5.31. The molecule has 4 heterocycles. The average Bonchev–Trinajstić information content (AvgIpc) is 2.99. The summed E-state index contributed by atoms with van der Waals surface area (Å²) in [4.78, 5) is 6.71. The van der Waals surface area contributed by atoms with E-state index >= 15 is 0 Å². The summed E-state index contributed by atoms with van der Waals surface area (Å²) in [6.07, 6.45) is 5.01. The van der Waals surface area contributed by atoms with Crippen molar-refractivity contribution in [3.63, 3.8) is 0 Å². The molecule has 1 aromatic heterocycles. The van der Waals surface area contributed by atoms with Crippen LogP contribution in [-0.4, -0.2) is 39.7 Å². The van der Waals surface area contributed by atoms with E-state index in [1.807, 2.05) is 30.7 Å². The van der Waals surface area contributed by atoms with Crippen molar-refractivity contribution in [3.05, 3.63) is 47.0 Å². The molecule has 0 amide bonds. The first-order chi connectivity index (χ1) is 12.9. The molecule has 0 aliphatic carbocycles. The first-order valence-corrected chi connectivity index (χ1v) is 10.0. The molecule has 0 radical (unpaired) electrons. The van der Waals surface area contributed by atoms with Gasteiger partial charge in [0.25, 0.3) is 0 Å². The number of aromatic nitrogens is 2. The largest absolute Gasteiger partial charge is 0.487 e. The minimum atomic E-state index is -0.249. The van der Waals surface area contributed by atoms with Gasteiger partial charge in [-0.25, -0.2) is 4.98 Å². The van der Waals surface area contributed by atoms with E-state index in [4.69, 9.17) is 21.1 Å². The van der Waals surface area contributed by atoms with E-state index in [-0.39, 0.29) is 17.1 Å². The number of aryl methyl sites for hydroxylation is 1. The second kappa shape index (κ2) is 5.97. The second-order valence-electron chi connectivity index (χ2n) is 9.07. The molecule has 3 aliphatic heterocycles. The van der Waals surface area contributed by atoms with Crippen molar-refractivity contribution in [2.45, 2.75) is 38.5 Å². The van der Waals surface area contributed by atoms with Crippen LogP contribution in [0.25, 0.3) is 0 Å². The fraction of sp³-hybridized carbons (Fsp3) is 0.571. The number of rotatable bonds is 2. The Labute approximate surface area is 165 Å². The first-order valence-electron chi connectivity index (χ1n) is 9.63. The van der Waals surface area contributed by atoms with Crippen molar-refractivity contribution in [2.75, 3.05) is 19.7 Å². The topological polar surface area (TPSA) is 39.5 Å². The minimum absolute atomic E-state index is 0.0687. The molecule has 0 bridgehead atoms. The lowest BCUT2D eigenvalue weighted by molar-refractivity contribution is -0.200. The molecule has 5 rings (SSSR count). The molecular formula is C21H26ClN3O2. The maximum absolute atomic E-state index is 6.48. The zero-order chi connectivity index (χ0) is 18.8. The monoisotopic (exact) mass is 387 g/mol. The van der Waals surface area contributed by atoms with Crippen LogP contribution >= 0.6 is 11.6 Å². The molecule has 3 aliphatic rings. The number of hydrogen-bond acceptors (Lipinski definition) is 4. The number of ether oxygens (including phenoxy) is 2. The normalized spacial score (nSPS) is 28.1. The molecule has 0 N–H and O–H groups in total. The number of likely N-dealkylation sites (tertiary alicyclic amines) is 1. The molecule has 0 saturated carbocycles. The molecule has 27 heavy (non-hydrogen) atoms. The number of hydrogen-bond donors (Lipinski definition) is 0. The average molecular weight is 388 g/mol. The molecule has 1 spiro atoms. The van der Waals surface area contributed by atoms with E-state index in [0.29, 0.717) is 5.92 Å². The van der Waals surface area contributed by atoms with Gasteiger partial charge in [0.05, 0.1) is 24.7 Å². The summed E-state index contributed by atoms with van der Waals surface area (Å²) in [5.74, 6) is 1.24. The zero-order valence-electron chi connectivity index (χ0n) is 16.1. The van der Waals surface area contributed by atoms with Gasteiger partial charge in [0.1, 0.15) is 11.4 Å². The Kier molecular flexibility index (Phi) is 3.87. The van der Waals surface area contributed by atoms with Gasteiger partial charge in [-0.3, -0.25) is 4.90 Å². The third kappa shape index (κ3) is 2.87. The SMILES string of the molecule is Cn1cncc1CN1CC2(CO[C@@H]3c4cc(Cl)ccc4OC(C)(C)[C@H]3C2)C1. The van der Waals surface area contributed by atoms with Gasteiger partial charge in [0.2, 0.25) is 0 Å².